The van der Waals surface area contributed by atoms with Crippen molar-refractivity contribution < 1.29 is 9.59 Å². The molecule has 0 radical (unpaired) electrons. The number of amides is 2. The van der Waals surface area contributed by atoms with Gasteiger partial charge in [0.1, 0.15) is 6.33 Å². The Labute approximate surface area is 212 Å². The second-order valence-electron chi connectivity index (χ2n) is 9.71. The standard InChI is InChI=1S/C28H32N6O2/c1-20-26(15-30-19-31-20)28(36)32-17-23-7-3-4-8-27(23)33(21(2)35)13-11-24-9-10-25(18-32)34(24)16-22-6-5-12-29-14-22/h3-8,12,14-15,19,24-25H,9-11,13,16-18H2,1-2H3. The molecule has 1 fully saturated rings. The zero-order chi connectivity index (χ0) is 25.1. The Kier molecular flexibility index (Phi) is 7.04. The van der Waals surface area contributed by atoms with Gasteiger partial charge in [-0.2, -0.15) is 0 Å². The van der Waals surface area contributed by atoms with Gasteiger partial charge in [0.25, 0.3) is 5.91 Å². The van der Waals surface area contributed by atoms with Gasteiger partial charge in [0, 0.05) is 69.5 Å². The lowest BCUT2D eigenvalue weighted by Gasteiger charge is -2.34. The largest absolute Gasteiger partial charge is 0.333 e. The monoisotopic (exact) mass is 484 g/mol. The molecule has 3 aromatic rings. The molecule has 1 saturated heterocycles. The smallest absolute Gasteiger partial charge is 0.257 e. The Hall–Kier alpha value is -3.65. The maximum atomic E-state index is 13.9. The van der Waals surface area contributed by atoms with E-state index >= 15 is 0 Å². The molecule has 2 bridgehead atoms. The van der Waals surface area contributed by atoms with Crippen molar-refractivity contribution in [3.63, 3.8) is 0 Å². The number of carbonyl (C=O) groups is 2. The first kappa shape index (κ1) is 24.1. The quantitative estimate of drug-likeness (QED) is 0.565. The minimum Gasteiger partial charge on any atom is -0.333 e. The summed E-state index contributed by atoms with van der Waals surface area (Å²) in [5, 5.41) is 0. The van der Waals surface area contributed by atoms with Gasteiger partial charge in [0.15, 0.2) is 0 Å². The number of rotatable bonds is 3. The number of hydrogen-bond acceptors (Lipinski definition) is 6. The molecule has 2 amide bonds. The molecule has 8 heteroatoms. The molecular formula is C28H32N6O2. The van der Waals surface area contributed by atoms with Crippen molar-refractivity contribution in [3.8, 4) is 0 Å². The summed E-state index contributed by atoms with van der Waals surface area (Å²) >= 11 is 0. The van der Waals surface area contributed by atoms with Crippen LogP contribution >= 0.6 is 0 Å². The molecule has 2 aliphatic rings. The molecule has 2 aromatic heterocycles. The van der Waals surface area contributed by atoms with Crippen LogP contribution in [0.5, 0.6) is 0 Å². The number of hydrogen-bond donors (Lipinski definition) is 0. The molecule has 36 heavy (non-hydrogen) atoms. The van der Waals surface area contributed by atoms with Crippen LogP contribution in [0.3, 0.4) is 0 Å². The normalized spacial score (nSPS) is 20.5. The summed E-state index contributed by atoms with van der Waals surface area (Å²) in [4.78, 5) is 45.6. The molecule has 0 aliphatic carbocycles. The number of pyridine rings is 1. The fourth-order valence-corrected chi connectivity index (χ4v) is 5.57. The van der Waals surface area contributed by atoms with Gasteiger partial charge < -0.3 is 9.80 Å². The maximum absolute atomic E-state index is 13.9. The first-order valence-electron chi connectivity index (χ1n) is 12.6. The van der Waals surface area contributed by atoms with Gasteiger partial charge in [-0.25, -0.2) is 9.97 Å². The van der Waals surface area contributed by atoms with E-state index in [9.17, 15) is 9.59 Å². The number of para-hydroxylation sites is 1. The molecule has 0 N–H and O–H groups in total. The summed E-state index contributed by atoms with van der Waals surface area (Å²) in [5.74, 6) is -0.0680. The van der Waals surface area contributed by atoms with Gasteiger partial charge in [-0.3, -0.25) is 19.5 Å². The third-order valence-electron chi connectivity index (χ3n) is 7.43. The van der Waals surface area contributed by atoms with E-state index in [0.29, 0.717) is 36.9 Å². The Morgan fingerprint density at radius 1 is 1.00 bits per heavy atom. The average Bonchev–Trinajstić information content (AvgIpc) is 3.24. The Morgan fingerprint density at radius 2 is 1.83 bits per heavy atom. The molecule has 1 aromatic carbocycles. The van der Waals surface area contributed by atoms with Crippen LogP contribution in [0.25, 0.3) is 0 Å². The Balaban J connectivity index is 1.55. The third kappa shape index (κ3) is 4.99. The minimum atomic E-state index is -0.0821. The van der Waals surface area contributed by atoms with Crippen molar-refractivity contribution in [3.05, 3.63) is 83.7 Å². The molecule has 4 heterocycles. The number of fused-ring (bicyclic) bond motifs is 3. The first-order valence-corrected chi connectivity index (χ1v) is 12.6. The number of carbonyl (C=O) groups excluding carboxylic acids is 2. The van der Waals surface area contributed by atoms with Crippen molar-refractivity contribution in [2.24, 2.45) is 0 Å². The highest BCUT2D eigenvalue weighted by Crippen LogP contribution is 2.33. The fraction of sp³-hybridized carbons (Fsp3) is 0.393. The van der Waals surface area contributed by atoms with Crippen LogP contribution < -0.4 is 4.90 Å². The molecule has 0 saturated carbocycles. The zero-order valence-corrected chi connectivity index (χ0v) is 20.9. The summed E-state index contributed by atoms with van der Waals surface area (Å²) < 4.78 is 0. The van der Waals surface area contributed by atoms with Crippen molar-refractivity contribution in [1.82, 2.24) is 24.8 Å². The first-order chi connectivity index (χ1) is 17.5. The van der Waals surface area contributed by atoms with Gasteiger partial charge >= 0.3 is 0 Å². The van der Waals surface area contributed by atoms with Crippen LogP contribution in [0.15, 0.2) is 61.3 Å². The number of nitrogens with zero attached hydrogens (tertiary/aromatic N) is 6. The van der Waals surface area contributed by atoms with Crippen LogP contribution in [0.2, 0.25) is 0 Å². The minimum absolute atomic E-state index is 0.0141. The molecule has 5 rings (SSSR count). The molecule has 0 spiro atoms. The number of aryl methyl sites for hydroxylation is 1. The average molecular weight is 485 g/mol. The molecule has 186 valence electrons. The van der Waals surface area contributed by atoms with Crippen LogP contribution in [0.1, 0.15) is 53.4 Å². The Morgan fingerprint density at radius 3 is 2.61 bits per heavy atom. The van der Waals surface area contributed by atoms with Gasteiger partial charge in [0.2, 0.25) is 5.91 Å². The Bertz CT molecular complexity index is 1230. The highest BCUT2D eigenvalue weighted by molar-refractivity contribution is 5.95. The van der Waals surface area contributed by atoms with E-state index in [-0.39, 0.29) is 17.9 Å². The van der Waals surface area contributed by atoms with E-state index in [0.717, 1.165) is 42.6 Å². The van der Waals surface area contributed by atoms with Gasteiger partial charge in [-0.1, -0.05) is 24.3 Å². The fourth-order valence-electron chi connectivity index (χ4n) is 5.57. The van der Waals surface area contributed by atoms with E-state index in [1.807, 2.05) is 53.3 Å². The summed E-state index contributed by atoms with van der Waals surface area (Å²) in [7, 11) is 0. The van der Waals surface area contributed by atoms with Crippen molar-refractivity contribution in [1.29, 1.82) is 0 Å². The van der Waals surface area contributed by atoms with Crippen molar-refractivity contribution in [2.45, 2.75) is 58.3 Å². The van der Waals surface area contributed by atoms with E-state index in [4.69, 9.17) is 0 Å². The highest BCUT2D eigenvalue weighted by atomic mass is 16.2. The highest BCUT2D eigenvalue weighted by Gasteiger charge is 2.37. The van der Waals surface area contributed by atoms with Crippen molar-refractivity contribution >= 4 is 17.5 Å². The lowest BCUT2D eigenvalue weighted by molar-refractivity contribution is -0.116. The number of aromatic nitrogens is 3. The molecule has 2 atom stereocenters. The van der Waals surface area contributed by atoms with Crippen LogP contribution in [-0.4, -0.2) is 61.7 Å². The predicted molar refractivity (Wildman–Crippen MR) is 137 cm³/mol. The predicted octanol–water partition coefficient (Wildman–Crippen LogP) is 3.61. The maximum Gasteiger partial charge on any atom is 0.257 e. The van der Waals surface area contributed by atoms with E-state index in [1.54, 1.807) is 19.3 Å². The lowest BCUT2D eigenvalue weighted by atomic mass is 10.1. The summed E-state index contributed by atoms with van der Waals surface area (Å²) in [6.07, 6.45) is 9.69. The number of benzene rings is 1. The van der Waals surface area contributed by atoms with Crippen LogP contribution in [0.4, 0.5) is 5.69 Å². The summed E-state index contributed by atoms with van der Waals surface area (Å²) in [6, 6.07) is 12.5. The van der Waals surface area contributed by atoms with Crippen LogP contribution in [0, 0.1) is 6.92 Å². The molecule has 2 unspecified atom stereocenters. The van der Waals surface area contributed by atoms with E-state index < -0.39 is 0 Å². The summed E-state index contributed by atoms with van der Waals surface area (Å²) in [6.45, 7) is 5.88. The number of anilines is 1. The second kappa shape index (κ2) is 10.5. The van der Waals surface area contributed by atoms with Crippen LogP contribution in [-0.2, 0) is 17.9 Å². The zero-order valence-electron chi connectivity index (χ0n) is 20.9. The van der Waals surface area contributed by atoms with Gasteiger partial charge in [0.05, 0.1) is 11.3 Å². The third-order valence-corrected chi connectivity index (χ3v) is 7.43. The molecule has 8 nitrogen and oxygen atoms in total. The summed E-state index contributed by atoms with van der Waals surface area (Å²) in [5.41, 5.74) is 4.18. The molecular weight excluding hydrogens is 452 g/mol. The van der Waals surface area contributed by atoms with E-state index in [1.165, 1.54) is 6.33 Å². The van der Waals surface area contributed by atoms with Crippen molar-refractivity contribution in [2.75, 3.05) is 18.0 Å². The lowest BCUT2D eigenvalue weighted by Crippen LogP contribution is -2.45. The topological polar surface area (TPSA) is 82.5 Å². The SMILES string of the molecule is CC(=O)N1CCC2CCC(CN(C(=O)c3cncnc3C)Cc3ccccc31)N2Cc1cccnc1. The molecule has 2 aliphatic heterocycles. The van der Waals surface area contributed by atoms with E-state index in [2.05, 4.69) is 25.9 Å². The van der Waals surface area contributed by atoms with Gasteiger partial charge in [-0.15, -0.1) is 0 Å². The second-order valence-corrected chi connectivity index (χ2v) is 9.71. The van der Waals surface area contributed by atoms with Gasteiger partial charge in [-0.05, 0) is 49.4 Å².